The summed E-state index contributed by atoms with van der Waals surface area (Å²) in [5.41, 5.74) is -1.62. The molecule has 19 heavy (non-hydrogen) atoms. The summed E-state index contributed by atoms with van der Waals surface area (Å²) in [6.07, 6.45) is 0.373. The zero-order valence-corrected chi connectivity index (χ0v) is 14.0. The first kappa shape index (κ1) is 18.7. The van der Waals surface area contributed by atoms with Gasteiger partial charge >= 0.3 is 29.6 Å². The fourth-order valence-electron chi connectivity index (χ4n) is 1.39. The third kappa shape index (κ3) is 4.09. The van der Waals surface area contributed by atoms with Crippen LogP contribution in [0, 0.1) is 11.3 Å². The summed E-state index contributed by atoms with van der Waals surface area (Å²) in [5, 5.41) is 10.9. The van der Waals surface area contributed by atoms with Crippen LogP contribution < -0.4 is 34.9 Å². The SMILES string of the molecule is COC1(NC(=S)CCC#N)CN(S(=O)(=O)[O-])C1=O.[Na+]. The maximum absolute atomic E-state index is 11.6. The van der Waals surface area contributed by atoms with Gasteiger partial charge in [0.1, 0.15) is 0 Å². The number of carbonyl (C=O) groups excluding carboxylic acids is 1. The van der Waals surface area contributed by atoms with Crippen molar-refractivity contribution in [1.29, 1.82) is 5.26 Å². The number of hydrogen-bond acceptors (Lipinski definition) is 7. The number of methoxy groups -OCH3 is 1. The van der Waals surface area contributed by atoms with Gasteiger partial charge in [0.2, 0.25) is 5.72 Å². The largest absolute Gasteiger partial charge is 1.00 e. The van der Waals surface area contributed by atoms with Crippen molar-refractivity contribution >= 4 is 33.4 Å². The van der Waals surface area contributed by atoms with Gasteiger partial charge in [0, 0.05) is 20.0 Å². The molecule has 1 unspecified atom stereocenters. The summed E-state index contributed by atoms with van der Waals surface area (Å²) in [6, 6.07) is 1.87. The number of rotatable bonds is 5. The Kier molecular flexibility index (Phi) is 6.84. The molecule has 1 saturated heterocycles. The Labute approximate surface area is 138 Å². The van der Waals surface area contributed by atoms with Gasteiger partial charge in [0.15, 0.2) is 10.3 Å². The van der Waals surface area contributed by atoms with Crippen LogP contribution in [-0.2, 0) is 19.8 Å². The first-order valence-corrected chi connectivity index (χ1v) is 6.55. The predicted octanol–water partition coefficient (Wildman–Crippen LogP) is -4.14. The summed E-state index contributed by atoms with van der Waals surface area (Å²) in [7, 11) is -3.64. The molecule has 1 fully saturated rings. The second-order valence-corrected chi connectivity index (χ2v) is 5.30. The number of amides is 1. The molecule has 1 rings (SSSR count). The van der Waals surface area contributed by atoms with Crippen molar-refractivity contribution < 1.29 is 52.1 Å². The molecule has 1 aliphatic heterocycles. The van der Waals surface area contributed by atoms with Crippen LogP contribution >= 0.6 is 12.2 Å². The van der Waals surface area contributed by atoms with Crippen LogP contribution in [0.4, 0.5) is 0 Å². The van der Waals surface area contributed by atoms with E-state index in [0.717, 1.165) is 0 Å². The van der Waals surface area contributed by atoms with E-state index in [9.17, 15) is 17.8 Å². The molecular formula is C8H10N3NaO5S2. The zero-order chi connectivity index (χ0) is 14.0. The van der Waals surface area contributed by atoms with Gasteiger partial charge in [0.05, 0.1) is 17.6 Å². The van der Waals surface area contributed by atoms with E-state index >= 15 is 0 Å². The minimum Gasteiger partial charge on any atom is -0.731 e. The van der Waals surface area contributed by atoms with Crippen molar-refractivity contribution in [2.24, 2.45) is 0 Å². The molecule has 100 valence electrons. The molecule has 0 aliphatic carbocycles. The van der Waals surface area contributed by atoms with E-state index in [1.165, 1.54) is 7.11 Å². The van der Waals surface area contributed by atoms with Gasteiger partial charge in [-0.2, -0.15) is 5.26 Å². The molecule has 0 spiro atoms. The van der Waals surface area contributed by atoms with Gasteiger partial charge in [-0.1, -0.05) is 12.2 Å². The normalized spacial score (nSPS) is 21.9. The van der Waals surface area contributed by atoms with Gasteiger partial charge < -0.3 is 14.6 Å². The van der Waals surface area contributed by atoms with E-state index in [1.807, 2.05) is 6.07 Å². The Hall–Kier alpha value is -0.280. The number of carbonyl (C=O) groups is 1. The fraction of sp³-hybridized carbons (Fsp3) is 0.625. The van der Waals surface area contributed by atoms with Crippen LogP contribution in [0.3, 0.4) is 0 Å². The van der Waals surface area contributed by atoms with Crippen LogP contribution in [0.25, 0.3) is 0 Å². The van der Waals surface area contributed by atoms with Gasteiger partial charge in [-0.3, -0.25) is 4.79 Å². The Morgan fingerprint density at radius 2 is 2.32 bits per heavy atom. The molecular weight excluding hydrogens is 305 g/mol. The van der Waals surface area contributed by atoms with Crippen molar-refractivity contribution in [3.63, 3.8) is 0 Å². The second kappa shape index (κ2) is 6.94. The topological polar surface area (TPSA) is 123 Å². The smallest absolute Gasteiger partial charge is 0.731 e. The molecule has 1 aliphatic rings. The Morgan fingerprint density at radius 1 is 1.74 bits per heavy atom. The standard InChI is InChI=1S/C8H11N3O5S2.Na/c1-16-8(10-6(17)3-2-4-9)5-11(7(8)12)18(13,14)15;/h2-3,5H2,1H3,(H,10,17)(H,13,14,15);/q;+1/p-1. The number of nitriles is 1. The van der Waals surface area contributed by atoms with Crippen molar-refractivity contribution in [2.75, 3.05) is 13.7 Å². The van der Waals surface area contributed by atoms with Crippen molar-refractivity contribution in [1.82, 2.24) is 9.62 Å². The van der Waals surface area contributed by atoms with E-state index in [0.29, 0.717) is 0 Å². The molecule has 0 bridgehead atoms. The summed E-state index contributed by atoms with van der Waals surface area (Å²) in [6.45, 7) is -0.444. The van der Waals surface area contributed by atoms with Crippen LogP contribution in [-0.4, -0.2) is 47.6 Å². The monoisotopic (exact) mass is 315 g/mol. The Balaban J connectivity index is 0.00000324. The second-order valence-electron chi connectivity index (χ2n) is 3.51. The van der Waals surface area contributed by atoms with E-state index in [-0.39, 0.29) is 51.7 Å². The minimum atomic E-state index is -4.83. The zero-order valence-electron chi connectivity index (χ0n) is 10.4. The van der Waals surface area contributed by atoms with Gasteiger partial charge in [-0.05, 0) is 0 Å². The maximum atomic E-state index is 11.6. The van der Waals surface area contributed by atoms with Crippen molar-refractivity contribution in [3.05, 3.63) is 0 Å². The average molecular weight is 315 g/mol. The number of nitrogens with zero attached hydrogens (tertiary/aromatic N) is 2. The third-order valence-corrected chi connectivity index (χ3v) is 3.50. The van der Waals surface area contributed by atoms with Crippen LogP contribution in [0.1, 0.15) is 12.8 Å². The molecule has 1 amide bonds. The molecule has 0 saturated carbocycles. The van der Waals surface area contributed by atoms with Crippen molar-refractivity contribution in [3.8, 4) is 6.07 Å². The predicted molar refractivity (Wildman–Crippen MR) is 61.7 cm³/mol. The molecule has 1 atom stereocenters. The summed E-state index contributed by atoms with van der Waals surface area (Å²) >= 11 is 4.88. The summed E-state index contributed by atoms with van der Waals surface area (Å²) < 4.78 is 37.1. The van der Waals surface area contributed by atoms with E-state index in [4.69, 9.17) is 22.2 Å². The van der Waals surface area contributed by atoms with Crippen LogP contribution in [0.15, 0.2) is 0 Å². The molecule has 1 heterocycles. The number of β-lactam (4-membered cyclic amide) rings is 1. The van der Waals surface area contributed by atoms with Gasteiger partial charge in [-0.25, -0.2) is 12.7 Å². The van der Waals surface area contributed by atoms with Crippen LogP contribution in [0.2, 0.25) is 0 Å². The van der Waals surface area contributed by atoms with E-state index < -0.39 is 28.5 Å². The number of thiocarbonyl (C=S) groups is 1. The number of nitrogens with one attached hydrogen (secondary N) is 1. The quantitative estimate of drug-likeness (QED) is 0.178. The Morgan fingerprint density at radius 3 is 2.68 bits per heavy atom. The van der Waals surface area contributed by atoms with E-state index in [2.05, 4.69) is 5.32 Å². The molecule has 0 aromatic carbocycles. The van der Waals surface area contributed by atoms with E-state index in [1.54, 1.807) is 0 Å². The minimum absolute atomic E-state index is 0. The maximum Gasteiger partial charge on any atom is 1.00 e. The van der Waals surface area contributed by atoms with Gasteiger partial charge in [0.25, 0.3) is 5.91 Å². The summed E-state index contributed by atoms with van der Waals surface area (Å²) in [4.78, 5) is 11.8. The first-order chi connectivity index (χ1) is 8.27. The molecule has 0 aromatic rings. The molecule has 8 nitrogen and oxygen atoms in total. The molecule has 0 aromatic heterocycles. The fourth-order valence-corrected chi connectivity index (χ4v) is 2.34. The first-order valence-electron chi connectivity index (χ1n) is 4.78. The Bertz CT molecular complexity index is 517. The molecule has 1 N–H and O–H groups in total. The third-order valence-electron chi connectivity index (χ3n) is 2.36. The molecule has 0 radical (unpaired) electrons. The van der Waals surface area contributed by atoms with Gasteiger partial charge in [-0.15, -0.1) is 0 Å². The van der Waals surface area contributed by atoms with Crippen molar-refractivity contribution in [2.45, 2.75) is 18.6 Å². The van der Waals surface area contributed by atoms with Crippen LogP contribution in [0.5, 0.6) is 0 Å². The molecule has 11 heteroatoms. The number of ether oxygens (including phenoxy) is 1. The average Bonchev–Trinajstić information content (AvgIpc) is 2.29. The summed E-state index contributed by atoms with van der Waals surface area (Å²) in [5.74, 6) is -1.01. The number of hydrogen-bond donors (Lipinski definition) is 1.